The van der Waals surface area contributed by atoms with E-state index in [1.54, 1.807) is 19.1 Å². The number of rotatable bonds is 6. The Morgan fingerprint density at radius 2 is 1.83 bits per heavy atom. The summed E-state index contributed by atoms with van der Waals surface area (Å²) in [5.41, 5.74) is 0. The van der Waals surface area contributed by atoms with Gasteiger partial charge in [0.25, 0.3) is 0 Å². The zero-order valence-corrected chi connectivity index (χ0v) is 8.28. The van der Waals surface area contributed by atoms with E-state index in [4.69, 9.17) is 9.47 Å². The topological polar surface area (TPSA) is 41.9 Å². The Bertz CT molecular complexity index is 106. The first kappa shape index (κ1) is 11.8. The third kappa shape index (κ3) is 4.01. The van der Waals surface area contributed by atoms with Gasteiger partial charge < -0.3 is 14.6 Å². The van der Waals surface area contributed by atoms with Crippen LogP contribution in [0.5, 0.6) is 0 Å². The molecule has 0 aromatic heterocycles. The maximum Gasteiger partial charge on any atom is 0.169 e. The lowest BCUT2D eigenvalue weighted by Crippen LogP contribution is -2.38. The minimum Gasteiger partial charge on any atom is -0.378 e. The Labute approximate surface area is 74.1 Å². The molecule has 0 spiro atoms. The smallest absolute Gasteiger partial charge is 0.169 e. The highest BCUT2D eigenvalue weighted by Crippen LogP contribution is 2.00. The van der Waals surface area contributed by atoms with Crippen LogP contribution in [0.1, 0.15) is 13.3 Å². The molecule has 0 aromatic carbocycles. The maximum atomic E-state index is 9.38. The second kappa shape index (κ2) is 6.37. The molecule has 0 aromatic rings. The summed E-state index contributed by atoms with van der Waals surface area (Å²) in [4.78, 5) is 1.79. The van der Waals surface area contributed by atoms with E-state index < -0.39 is 6.23 Å². The highest BCUT2D eigenvalue weighted by molar-refractivity contribution is 4.56. The van der Waals surface area contributed by atoms with Crippen LogP contribution < -0.4 is 0 Å². The van der Waals surface area contributed by atoms with Gasteiger partial charge in [-0.1, -0.05) is 6.92 Å². The van der Waals surface area contributed by atoms with Gasteiger partial charge in [0, 0.05) is 14.2 Å². The molecule has 0 aliphatic carbocycles. The van der Waals surface area contributed by atoms with Gasteiger partial charge in [-0.3, -0.25) is 4.90 Å². The van der Waals surface area contributed by atoms with Gasteiger partial charge in [-0.15, -0.1) is 0 Å². The quantitative estimate of drug-likeness (QED) is 0.591. The Balaban J connectivity index is 3.72. The molecule has 0 amide bonds. The van der Waals surface area contributed by atoms with E-state index in [2.05, 4.69) is 0 Å². The van der Waals surface area contributed by atoms with E-state index in [1.807, 2.05) is 14.0 Å². The number of ether oxygens (including phenoxy) is 2. The molecule has 74 valence electrons. The largest absolute Gasteiger partial charge is 0.378 e. The molecule has 0 aliphatic rings. The molecule has 0 bridgehead atoms. The first-order valence-corrected chi connectivity index (χ1v) is 4.09. The van der Waals surface area contributed by atoms with Gasteiger partial charge in [-0.25, -0.2) is 0 Å². The van der Waals surface area contributed by atoms with Crippen molar-refractivity contribution in [1.29, 1.82) is 0 Å². The van der Waals surface area contributed by atoms with Crippen LogP contribution in [-0.4, -0.2) is 50.3 Å². The van der Waals surface area contributed by atoms with Crippen LogP contribution in [-0.2, 0) is 9.47 Å². The van der Waals surface area contributed by atoms with Crippen molar-refractivity contribution in [2.45, 2.75) is 25.9 Å². The lowest BCUT2D eigenvalue weighted by atomic mass is 10.4. The third-order valence-corrected chi connectivity index (χ3v) is 1.84. The third-order valence-electron chi connectivity index (χ3n) is 1.84. The van der Waals surface area contributed by atoms with Crippen molar-refractivity contribution < 1.29 is 14.6 Å². The van der Waals surface area contributed by atoms with E-state index in [-0.39, 0.29) is 6.29 Å². The SMILES string of the molecule is CCC(O)N(C)CC(OC)OC. The lowest BCUT2D eigenvalue weighted by molar-refractivity contribution is -0.131. The van der Waals surface area contributed by atoms with Crippen molar-refractivity contribution in [2.24, 2.45) is 0 Å². The molecule has 0 saturated heterocycles. The average molecular weight is 177 g/mol. The van der Waals surface area contributed by atoms with Crippen molar-refractivity contribution in [3.05, 3.63) is 0 Å². The number of aliphatic hydroxyl groups excluding tert-OH is 1. The van der Waals surface area contributed by atoms with Crippen LogP contribution in [0, 0.1) is 0 Å². The fraction of sp³-hybridized carbons (Fsp3) is 1.00. The minimum atomic E-state index is -0.419. The summed E-state index contributed by atoms with van der Waals surface area (Å²) in [5, 5.41) is 9.38. The zero-order valence-electron chi connectivity index (χ0n) is 8.28. The number of hydrogen-bond donors (Lipinski definition) is 1. The minimum absolute atomic E-state index is 0.267. The predicted molar refractivity (Wildman–Crippen MR) is 46.7 cm³/mol. The van der Waals surface area contributed by atoms with Crippen molar-refractivity contribution in [3.8, 4) is 0 Å². The van der Waals surface area contributed by atoms with E-state index in [0.29, 0.717) is 13.0 Å². The Morgan fingerprint density at radius 1 is 1.33 bits per heavy atom. The summed E-state index contributed by atoms with van der Waals surface area (Å²) in [5.74, 6) is 0. The van der Waals surface area contributed by atoms with Crippen LogP contribution in [0.15, 0.2) is 0 Å². The van der Waals surface area contributed by atoms with Gasteiger partial charge in [0.15, 0.2) is 6.29 Å². The molecular formula is C8H19NO3. The number of aliphatic hydroxyl groups is 1. The number of nitrogens with zero attached hydrogens (tertiary/aromatic N) is 1. The zero-order chi connectivity index (χ0) is 9.56. The summed E-state index contributed by atoms with van der Waals surface area (Å²) < 4.78 is 9.98. The van der Waals surface area contributed by atoms with Gasteiger partial charge >= 0.3 is 0 Å². The number of likely N-dealkylation sites (N-methyl/N-ethyl adjacent to an activating group) is 1. The second-order valence-corrected chi connectivity index (χ2v) is 2.73. The predicted octanol–water partition coefficient (Wildman–Crippen LogP) is 0.265. The molecule has 0 radical (unpaired) electrons. The summed E-state index contributed by atoms with van der Waals surface area (Å²) in [6.45, 7) is 2.50. The molecule has 0 saturated carbocycles. The second-order valence-electron chi connectivity index (χ2n) is 2.73. The summed E-state index contributed by atoms with van der Waals surface area (Å²) in [7, 11) is 5.00. The van der Waals surface area contributed by atoms with Crippen molar-refractivity contribution in [3.63, 3.8) is 0 Å². The van der Waals surface area contributed by atoms with Crippen LogP contribution in [0.25, 0.3) is 0 Å². The number of methoxy groups -OCH3 is 2. The molecule has 0 aliphatic heterocycles. The fourth-order valence-corrected chi connectivity index (χ4v) is 0.914. The Hall–Kier alpha value is -0.160. The lowest BCUT2D eigenvalue weighted by Gasteiger charge is -2.25. The maximum absolute atomic E-state index is 9.38. The van der Waals surface area contributed by atoms with E-state index in [0.717, 1.165) is 0 Å². The van der Waals surface area contributed by atoms with E-state index in [9.17, 15) is 5.11 Å². The summed E-state index contributed by atoms with van der Waals surface area (Å²) >= 11 is 0. The molecule has 1 atom stereocenters. The molecule has 0 heterocycles. The molecule has 12 heavy (non-hydrogen) atoms. The fourth-order valence-electron chi connectivity index (χ4n) is 0.914. The summed E-state index contributed by atoms with van der Waals surface area (Å²) in [6, 6.07) is 0. The van der Waals surface area contributed by atoms with Crippen LogP contribution in [0.4, 0.5) is 0 Å². The molecular weight excluding hydrogens is 158 g/mol. The summed E-state index contributed by atoms with van der Waals surface area (Å²) in [6.07, 6.45) is 0.0189. The van der Waals surface area contributed by atoms with Gasteiger partial charge in [0.1, 0.15) is 6.23 Å². The molecule has 1 N–H and O–H groups in total. The van der Waals surface area contributed by atoms with Crippen molar-refractivity contribution in [1.82, 2.24) is 4.90 Å². The van der Waals surface area contributed by atoms with Gasteiger partial charge in [-0.2, -0.15) is 0 Å². The van der Waals surface area contributed by atoms with E-state index >= 15 is 0 Å². The molecule has 0 fully saturated rings. The Morgan fingerprint density at radius 3 is 2.17 bits per heavy atom. The van der Waals surface area contributed by atoms with Gasteiger partial charge in [0.05, 0.1) is 6.54 Å². The van der Waals surface area contributed by atoms with Crippen LogP contribution >= 0.6 is 0 Å². The van der Waals surface area contributed by atoms with Gasteiger partial charge in [0.2, 0.25) is 0 Å². The van der Waals surface area contributed by atoms with E-state index in [1.165, 1.54) is 0 Å². The average Bonchev–Trinajstić information content (AvgIpc) is 2.12. The Kier molecular flexibility index (Phi) is 6.28. The number of hydrogen-bond acceptors (Lipinski definition) is 4. The standard InChI is InChI=1S/C8H19NO3/c1-5-7(10)9(2)6-8(11-3)12-4/h7-8,10H,5-6H2,1-4H3. The molecule has 0 rings (SSSR count). The van der Waals surface area contributed by atoms with Crippen LogP contribution in [0.3, 0.4) is 0 Å². The molecule has 4 nitrogen and oxygen atoms in total. The highest BCUT2D eigenvalue weighted by atomic mass is 16.7. The first-order chi connectivity index (χ1) is 5.65. The van der Waals surface area contributed by atoms with Gasteiger partial charge in [-0.05, 0) is 13.5 Å². The van der Waals surface area contributed by atoms with Crippen molar-refractivity contribution >= 4 is 0 Å². The molecule has 4 heteroatoms. The molecule has 1 unspecified atom stereocenters. The normalized spacial score (nSPS) is 14.2. The van der Waals surface area contributed by atoms with Crippen LogP contribution in [0.2, 0.25) is 0 Å². The monoisotopic (exact) mass is 177 g/mol. The first-order valence-electron chi connectivity index (χ1n) is 4.09. The van der Waals surface area contributed by atoms with Crippen molar-refractivity contribution in [2.75, 3.05) is 27.8 Å². The highest BCUT2D eigenvalue weighted by Gasteiger charge is 2.13.